The average Bonchev–Trinajstić information content (AvgIpc) is 3.65. The molecule has 2 fully saturated rings. The second-order valence-corrected chi connectivity index (χ2v) is 11.1. The number of carbonyl (C=O) groups excluding carboxylic acids is 2. The molecule has 2 amide bonds. The van der Waals surface area contributed by atoms with Crippen LogP contribution in [0.1, 0.15) is 32.8 Å². The van der Waals surface area contributed by atoms with Crippen molar-refractivity contribution in [2.45, 2.75) is 38.5 Å². The number of benzene rings is 2. The van der Waals surface area contributed by atoms with Gasteiger partial charge in [0.1, 0.15) is 11.8 Å². The second-order valence-electron chi connectivity index (χ2n) is 10.2. The molecule has 7 nitrogen and oxygen atoms in total. The molecule has 200 valence electrons. The Labute approximate surface area is 229 Å². The van der Waals surface area contributed by atoms with Crippen molar-refractivity contribution in [3.8, 4) is 5.75 Å². The lowest BCUT2D eigenvalue weighted by atomic mass is 10.1. The summed E-state index contributed by atoms with van der Waals surface area (Å²) in [5, 5.41) is 5.24. The van der Waals surface area contributed by atoms with E-state index < -0.39 is 6.04 Å². The Hall–Kier alpha value is -3.20. The molecule has 5 rings (SSSR count). The quantitative estimate of drug-likeness (QED) is 0.478. The van der Waals surface area contributed by atoms with Gasteiger partial charge in [-0.25, -0.2) is 0 Å². The van der Waals surface area contributed by atoms with E-state index in [0.29, 0.717) is 37.5 Å². The number of piperazine rings is 1. The highest BCUT2D eigenvalue weighted by molar-refractivity contribution is 7.12. The van der Waals surface area contributed by atoms with Crippen LogP contribution in [0.3, 0.4) is 0 Å². The summed E-state index contributed by atoms with van der Waals surface area (Å²) in [6.45, 7) is 6.98. The predicted octanol–water partition coefficient (Wildman–Crippen LogP) is 3.78. The van der Waals surface area contributed by atoms with Gasteiger partial charge in [-0.1, -0.05) is 48.0 Å². The van der Waals surface area contributed by atoms with Crippen molar-refractivity contribution in [1.29, 1.82) is 0 Å². The second kappa shape index (κ2) is 12.1. The summed E-state index contributed by atoms with van der Waals surface area (Å²) in [6, 6.07) is 20.1. The van der Waals surface area contributed by atoms with E-state index in [-0.39, 0.29) is 17.9 Å². The molecule has 1 N–H and O–H groups in total. The van der Waals surface area contributed by atoms with Crippen LogP contribution >= 0.6 is 11.3 Å². The fourth-order valence-electron chi connectivity index (χ4n) is 5.42. The number of hydrogen-bond donors (Lipinski definition) is 1. The minimum atomic E-state index is -0.460. The van der Waals surface area contributed by atoms with Crippen LogP contribution in [0.25, 0.3) is 0 Å². The van der Waals surface area contributed by atoms with Crippen LogP contribution in [-0.4, -0.2) is 78.4 Å². The zero-order valence-corrected chi connectivity index (χ0v) is 23.0. The first-order valence-electron chi connectivity index (χ1n) is 13.3. The van der Waals surface area contributed by atoms with Gasteiger partial charge in [0.2, 0.25) is 5.91 Å². The predicted molar refractivity (Wildman–Crippen MR) is 150 cm³/mol. The molecule has 8 heteroatoms. The first-order valence-corrected chi connectivity index (χ1v) is 14.2. The molecule has 2 aliphatic heterocycles. The van der Waals surface area contributed by atoms with Gasteiger partial charge in [-0.3, -0.25) is 14.5 Å². The molecule has 1 aromatic heterocycles. The summed E-state index contributed by atoms with van der Waals surface area (Å²) in [5.41, 5.74) is 3.58. The SMILES string of the molecule is COc1cccc(CN(Cc2ccc(C)cc2)C2CC(C(=O)N3CCNCC3)N(C(=O)c3cccs3)C2)c1. The van der Waals surface area contributed by atoms with Crippen LogP contribution in [-0.2, 0) is 17.9 Å². The lowest BCUT2D eigenvalue weighted by molar-refractivity contribution is -0.135. The number of rotatable bonds is 8. The summed E-state index contributed by atoms with van der Waals surface area (Å²) in [7, 11) is 1.68. The first kappa shape index (κ1) is 26.4. The largest absolute Gasteiger partial charge is 0.497 e. The lowest BCUT2D eigenvalue weighted by Crippen LogP contribution is -2.53. The topological polar surface area (TPSA) is 65.1 Å². The van der Waals surface area contributed by atoms with E-state index >= 15 is 0 Å². The summed E-state index contributed by atoms with van der Waals surface area (Å²) >= 11 is 1.43. The number of amides is 2. The van der Waals surface area contributed by atoms with E-state index in [0.717, 1.165) is 30.9 Å². The van der Waals surface area contributed by atoms with Gasteiger partial charge < -0.3 is 19.9 Å². The maximum Gasteiger partial charge on any atom is 0.264 e. The Morgan fingerprint density at radius 1 is 1.03 bits per heavy atom. The molecule has 2 atom stereocenters. The summed E-state index contributed by atoms with van der Waals surface area (Å²) in [5.74, 6) is 0.841. The highest BCUT2D eigenvalue weighted by atomic mass is 32.1. The van der Waals surface area contributed by atoms with Crippen molar-refractivity contribution >= 4 is 23.2 Å². The maximum atomic E-state index is 13.8. The highest BCUT2D eigenvalue weighted by Gasteiger charge is 2.43. The smallest absolute Gasteiger partial charge is 0.264 e. The van der Waals surface area contributed by atoms with E-state index in [2.05, 4.69) is 53.5 Å². The van der Waals surface area contributed by atoms with Gasteiger partial charge in [-0.05, 0) is 48.1 Å². The van der Waals surface area contributed by atoms with Crippen LogP contribution < -0.4 is 10.1 Å². The number of nitrogens with zero attached hydrogens (tertiary/aromatic N) is 3. The van der Waals surface area contributed by atoms with E-state index in [4.69, 9.17) is 4.74 Å². The highest BCUT2D eigenvalue weighted by Crippen LogP contribution is 2.30. The number of carbonyl (C=O) groups is 2. The third-order valence-electron chi connectivity index (χ3n) is 7.53. The van der Waals surface area contributed by atoms with Gasteiger partial charge in [0.15, 0.2) is 0 Å². The number of nitrogens with one attached hydrogen (secondary N) is 1. The molecule has 0 spiro atoms. The van der Waals surface area contributed by atoms with Gasteiger partial charge >= 0.3 is 0 Å². The van der Waals surface area contributed by atoms with Crippen LogP contribution in [0.15, 0.2) is 66.0 Å². The number of thiophene rings is 1. The molecule has 0 saturated carbocycles. The molecule has 38 heavy (non-hydrogen) atoms. The van der Waals surface area contributed by atoms with Crippen molar-refractivity contribution in [3.05, 3.63) is 87.6 Å². The zero-order chi connectivity index (χ0) is 26.5. The number of methoxy groups -OCH3 is 1. The molecule has 3 heterocycles. The van der Waals surface area contributed by atoms with E-state index in [1.54, 1.807) is 7.11 Å². The molecule has 0 bridgehead atoms. The average molecular weight is 533 g/mol. The summed E-state index contributed by atoms with van der Waals surface area (Å²) in [6.07, 6.45) is 0.621. The third-order valence-corrected chi connectivity index (χ3v) is 8.39. The first-order chi connectivity index (χ1) is 18.5. The van der Waals surface area contributed by atoms with Crippen molar-refractivity contribution in [1.82, 2.24) is 20.0 Å². The molecular formula is C30H36N4O3S. The zero-order valence-electron chi connectivity index (χ0n) is 22.1. The van der Waals surface area contributed by atoms with Crippen LogP contribution in [0, 0.1) is 6.92 Å². The van der Waals surface area contributed by atoms with Crippen molar-refractivity contribution in [3.63, 3.8) is 0 Å². The Kier molecular flexibility index (Phi) is 8.42. The van der Waals surface area contributed by atoms with E-state index in [1.165, 1.54) is 22.5 Å². The van der Waals surface area contributed by atoms with Gasteiger partial charge in [0.25, 0.3) is 5.91 Å². The number of aryl methyl sites for hydroxylation is 1. The van der Waals surface area contributed by atoms with E-state index in [1.807, 2.05) is 39.4 Å². The van der Waals surface area contributed by atoms with Crippen molar-refractivity contribution in [2.24, 2.45) is 0 Å². The van der Waals surface area contributed by atoms with E-state index in [9.17, 15) is 9.59 Å². The Morgan fingerprint density at radius 3 is 2.50 bits per heavy atom. The number of ether oxygens (including phenoxy) is 1. The lowest BCUT2D eigenvalue weighted by Gasteiger charge is -2.32. The standard InChI is InChI=1S/C30H36N4O3S/c1-22-8-10-23(11-9-22)19-33(20-24-5-3-6-26(17-24)37-2)25-18-27(29(35)32-14-12-31-13-15-32)34(21-25)30(36)28-7-4-16-38-28/h3-11,16-17,25,27,31H,12-15,18-21H2,1-2H3. The Balaban J connectivity index is 1.44. The fourth-order valence-corrected chi connectivity index (χ4v) is 6.10. The van der Waals surface area contributed by atoms with Gasteiger partial charge in [0.05, 0.1) is 12.0 Å². The molecule has 2 saturated heterocycles. The molecule has 2 unspecified atom stereocenters. The summed E-state index contributed by atoms with van der Waals surface area (Å²) in [4.78, 5) is 34.2. The van der Waals surface area contributed by atoms with Crippen molar-refractivity contribution in [2.75, 3.05) is 39.8 Å². The molecule has 0 radical (unpaired) electrons. The van der Waals surface area contributed by atoms with Crippen molar-refractivity contribution < 1.29 is 14.3 Å². The molecule has 0 aliphatic carbocycles. The number of likely N-dealkylation sites (tertiary alicyclic amines) is 1. The minimum absolute atomic E-state index is 0.0447. The van der Waals surface area contributed by atoms with Crippen LogP contribution in [0.5, 0.6) is 5.75 Å². The van der Waals surface area contributed by atoms with Gasteiger partial charge in [-0.15, -0.1) is 11.3 Å². The Bertz CT molecular complexity index is 1220. The van der Waals surface area contributed by atoms with Gasteiger partial charge in [-0.2, -0.15) is 0 Å². The van der Waals surface area contributed by atoms with Crippen LogP contribution in [0.2, 0.25) is 0 Å². The van der Waals surface area contributed by atoms with Crippen LogP contribution in [0.4, 0.5) is 0 Å². The maximum absolute atomic E-state index is 13.8. The molecule has 2 aliphatic rings. The molecule has 2 aromatic carbocycles. The van der Waals surface area contributed by atoms with Gasteiger partial charge in [0, 0.05) is 51.9 Å². The molecule has 3 aromatic rings. The normalized spacial score (nSPS) is 19.7. The minimum Gasteiger partial charge on any atom is -0.497 e. The number of hydrogen-bond acceptors (Lipinski definition) is 6. The Morgan fingerprint density at radius 2 is 1.79 bits per heavy atom. The fraction of sp³-hybridized carbons (Fsp3) is 0.400. The summed E-state index contributed by atoms with van der Waals surface area (Å²) < 4.78 is 5.47. The third kappa shape index (κ3) is 6.09. The molecular weight excluding hydrogens is 496 g/mol. The monoisotopic (exact) mass is 532 g/mol.